The van der Waals surface area contributed by atoms with E-state index in [-0.39, 0.29) is 6.54 Å². The highest BCUT2D eigenvalue weighted by Crippen LogP contribution is 2.31. The number of methoxy groups -OCH3 is 1. The Hall–Kier alpha value is -2.38. The van der Waals surface area contributed by atoms with Gasteiger partial charge in [0.2, 0.25) is 0 Å². The van der Waals surface area contributed by atoms with Crippen molar-refractivity contribution in [3.63, 3.8) is 0 Å². The SMILES string of the molecule is COc1cccc(N(Cc2cccnc2)S(=O)(=O)c2ccc(C)s2)c1. The van der Waals surface area contributed by atoms with Gasteiger partial charge in [-0.3, -0.25) is 9.29 Å². The van der Waals surface area contributed by atoms with Gasteiger partial charge in [-0.05, 0) is 42.8 Å². The maximum Gasteiger partial charge on any atom is 0.274 e. The molecule has 0 aliphatic rings. The number of rotatable bonds is 6. The van der Waals surface area contributed by atoms with E-state index in [4.69, 9.17) is 4.74 Å². The van der Waals surface area contributed by atoms with Crippen molar-refractivity contribution < 1.29 is 13.2 Å². The number of aromatic nitrogens is 1. The summed E-state index contributed by atoms with van der Waals surface area (Å²) in [7, 11) is -2.13. The molecule has 0 N–H and O–H groups in total. The van der Waals surface area contributed by atoms with E-state index in [9.17, 15) is 8.42 Å². The zero-order chi connectivity index (χ0) is 17.9. The molecule has 0 spiro atoms. The molecule has 0 aliphatic carbocycles. The Morgan fingerprint density at radius 1 is 1.16 bits per heavy atom. The number of anilines is 1. The van der Waals surface area contributed by atoms with E-state index in [0.717, 1.165) is 10.4 Å². The number of thiophene rings is 1. The minimum absolute atomic E-state index is 0.195. The molecule has 0 amide bonds. The van der Waals surface area contributed by atoms with Crippen LogP contribution >= 0.6 is 11.3 Å². The molecule has 0 fully saturated rings. The number of ether oxygens (including phenoxy) is 1. The van der Waals surface area contributed by atoms with Crippen LogP contribution in [-0.2, 0) is 16.6 Å². The Bertz CT molecular complexity index is 953. The summed E-state index contributed by atoms with van der Waals surface area (Å²) in [4.78, 5) is 5.03. The van der Waals surface area contributed by atoms with Gasteiger partial charge in [-0.15, -0.1) is 11.3 Å². The molecule has 3 rings (SSSR count). The van der Waals surface area contributed by atoms with E-state index < -0.39 is 10.0 Å². The topological polar surface area (TPSA) is 59.5 Å². The molecule has 3 aromatic rings. The van der Waals surface area contributed by atoms with E-state index in [1.807, 2.05) is 19.1 Å². The maximum atomic E-state index is 13.2. The van der Waals surface area contributed by atoms with Crippen molar-refractivity contribution >= 4 is 27.0 Å². The first-order valence-corrected chi connectivity index (χ1v) is 9.88. The van der Waals surface area contributed by atoms with Crippen LogP contribution in [0.4, 0.5) is 5.69 Å². The molecule has 0 bridgehead atoms. The van der Waals surface area contributed by atoms with E-state index in [2.05, 4.69) is 4.98 Å². The quantitative estimate of drug-likeness (QED) is 0.657. The van der Waals surface area contributed by atoms with Crippen LogP contribution in [0.5, 0.6) is 5.75 Å². The highest BCUT2D eigenvalue weighted by Gasteiger charge is 2.27. The Morgan fingerprint density at radius 2 is 2.00 bits per heavy atom. The predicted molar refractivity (Wildman–Crippen MR) is 99.7 cm³/mol. The fourth-order valence-electron chi connectivity index (χ4n) is 2.40. The summed E-state index contributed by atoms with van der Waals surface area (Å²) >= 11 is 1.26. The highest BCUT2D eigenvalue weighted by atomic mass is 32.2. The molecule has 2 heterocycles. The Kier molecular flexibility index (Phi) is 5.06. The van der Waals surface area contributed by atoms with Gasteiger partial charge in [0.05, 0.1) is 19.3 Å². The van der Waals surface area contributed by atoms with Gasteiger partial charge in [0, 0.05) is 23.3 Å². The van der Waals surface area contributed by atoms with Crippen LogP contribution in [-0.4, -0.2) is 20.5 Å². The van der Waals surface area contributed by atoms with Crippen molar-refractivity contribution in [3.05, 3.63) is 71.4 Å². The summed E-state index contributed by atoms with van der Waals surface area (Å²) in [5.74, 6) is 0.603. The molecule has 130 valence electrons. The Balaban J connectivity index is 2.08. The van der Waals surface area contributed by atoms with Crippen molar-refractivity contribution in [3.8, 4) is 5.75 Å². The van der Waals surface area contributed by atoms with Crippen molar-refractivity contribution in [2.75, 3.05) is 11.4 Å². The van der Waals surface area contributed by atoms with Crippen LogP contribution in [0.15, 0.2) is 65.1 Å². The van der Waals surface area contributed by atoms with E-state index in [1.54, 1.807) is 55.9 Å². The van der Waals surface area contributed by atoms with Gasteiger partial charge in [-0.2, -0.15) is 0 Å². The van der Waals surface area contributed by atoms with Crippen LogP contribution in [0, 0.1) is 6.92 Å². The summed E-state index contributed by atoms with van der Waals surface area (Å²) in [5, 5.41) is 0. The van der Waals surface area contributed by atoms with Crippen LogP contribution < -0.4 is 9.04 Å². The van der Waals surface area contributed by atoms with Gasteiger partial charge in [-0.1, -0.05) is 12.1 Å². The van der Waals surface area contributed by atoms with Crippen LogP contribution in [0.25, 0.3) is 0 Å². The second kappa shape index (κ2) is 7.25. The lowest BCUT2D eigenvalue weighted by Crippen LogP contribution is -2.30. The molecule has 7 heteroatoms. The molecular formula is C18H18N2O3S2. The molecule has 0 atom stereocenters. The Morgan fingerprint density at radius 3 is 2.64 bits per heavy atom. The lowest BCUT2D eigenvalue weighted by molar-refractivity contribution is 0.415. The van der Waals surface area contributed by atoms with Gasteiger partial charge < -0.3 is 4.74 Å². The number of aryl methyl sites for hydroxylation is 1. The van der Waals surface area contributed by atoms with E-state index >= 15 is 0 Å². The van der Waals surface area contributed by atoms with Crippen LogP contribution in [0.1, 0.15) is 10.4 Å². The zero-order valence-electron chi connectivity index (χ0n) is 13.9. The third-order valence-electron chi connectivity index (χ3n) is 3.65. The molecule has 0 radical (unpaired) electrons. The molecule has 0 saturated heterocycles. The minimum Gasteiger partial charge on any atom is -0.497 e. The number of benzene rings is 1. The molecule has 0 saturated carbocycles. The van der Waals surface area contributed by atoms with Gasteiger partial charge in [0.15, 0.2) is 0 Å². The number of nitrogens with zero attached hydrogens (tertiary/aromatic N) is 2. The van der Waals surface area contributed by atoms with E-state index in [0.29, 0.717) is 15.6 Å². The van der Waals surface area contributed by atoms with Crippen LogP contribution in [0.3, 0.4) is 0 Å². The molecule has 25 heavy (non-hydrogen) atoms. The zero-order valence-corrected chi connectivity index (χ0v) is 15.5. The van der Waals surface area contributed by atoms with Gasteiger partial charge >= 0.3 is 0 Å². The standard InChI is InChI=1S/C18H18N2O3S2/c1-14-8-9-18(24-14)25(21,22)20(13-15-5-4-10-19-12-15)16-6-3-7-17(11-16)23-2/h3-12H,13H2,1-2H3. The summed E-state index contributed by atoms with van der Waals surface area (Å²) in [6.45, 7) is 2.08. The molecule has 1 aromatic carbocycles. The first kappa shape index (κ1) is 17.4. The average molecular weight is 374 g/mol. The third-order valence-corrected chi connectivity index (χ3v) is 6.89. The van der Waals surface area contributed by atoms with Crippen molar-refractivity contribution in [2.24, 2.45) is 0 Å². The van der Waals surface area contributed by atoms with E-state index in [1.165, 1.54) is 15.6 Å². The van der Waals surface area contributed by atoms with Crippen LogP contribution in [0.2, 0.25) is 0 Å². The fraction of sp³-hybridized carbons (Fsp3) is 0.167. The molecule has 2 aromatic heterocycles. The average Bonchev–Trinajstić information content (AvgIpc) is 3.08. The first-order valence-electron chi connectivity index (χ1n) is 7.63. The molecular weight excluding hydrogens is 356 g/mol. The number of hydrogen-bond donors (Lipinski definition) is 0. The van der Waals surface area contributed by atoms with Gasteiger partial charge in [0.25, 0.3) is 10.0 Å². The maximum absolute atomic E-state index is 13.2. The van der Waals surface area contributed by atoms with Gasteiger partial charge in [0.1, 0.15) is 9.96 Å². The second-order valence-corrected chi connectivity index (χ2v) is 8.82. The summed E-state index contributed by atoms with van der Waals surface area (Å²) in [6, 6.07) is 14.1. The number of sulfonamides is 1. The highest BCUT2D eigenvalue weighted by molar-refractivity contribution is 7.94. The normalized spacial score (nSPS) is 11.3. The molecule has 0 unspecified atom stereocenters. The Labute approximate surface area is 151 Å². The largest absolute Gasteiger partial charge is 0.497 e. The summed E-state index contributed by atoms with van der Waals surface area (Å²) in [5.41, 5.74) is 1.36. The summed E-state index contributed by atoms with van der Waals surface area (Å²) < 4.78 is 33.4. The molecule has 5 nitrogen and oxygen atoms in total. The smallest absolute Gasteiger partial charge is 0.274 e. The lowest BCUT2D eigenvalue weighted by Gasteiger charge is -2.24. The van der Waals surface area contributed by atoms with Gasteiger partial charge in [-0.25, -0.2) is 8.42 Å². The number of pyridine rings is 1. The molecule has 0 aliphatic heterocycles. The minimum atomic E-state index is -3.69. The van der Waals surface area contributed by atoms with Crippen molar-refractivity contribution in [1.29, 1.82) is 0 Å². The third kappa shape index (κ3) is 3.83. The number of hydrogen-bond acceptors (Lipinski definition) is 5. The predicted octanol–water partition coefficient (Wildman–Crippen LogP) is 3.86. The van der Waals surface area contributed by atoms with Crippen molar-refractivity contribution in [1.82, 2.24) is 4.98 Å². The fourth-order valence-corrected chi connectivity index (χ4v) is 5.24. The second-order valence-electron chi connectivity index (χ2n) is 5.44. The van der Waals surface area contributed by atoms with Crippen molar-refractivity contribution in [2.45, 2.75) is 17.7 Å². The monoisotopic (exact) mass is 374 g/mol. The first-order chi connectivity index (χ1) is 12.0. The lowest BCUT2D eigenvalue weighted by atomic mass is 10.2. The summed E-state index contributed by atoms with van der Waals surface area (Å²) in [6.07, 6.45) is 3.33.